The average molecular weight is 190 g/mol. The first-order valence-electron chi connectivity index (χ1n) is 4.74. The highest BCUT2D eigenvalue weighted by Crippen LogP contribution is 2.15. The first kappa shape index (κ1) is 10.5. The molecule has 0 heterocycles. The van der Waals surface area contributed by atoms with Gasteiger partial charge in [0, 0.05) is 0 Å². The molecule has 1 aromatic rings. The van der Waals surface area contributed by atoms with Gasteiger partial charge in [0.2, 0.25) is 0 Å². The number of aliphatic carboxylic acids is 1. The second kappa shape index (κ2) is 5.22. The van der Waals surface area contributed by atoms with Gasteiger partial charge in [-0.15, -0.1) is 0 Å². The van der Waals surface area contributed by atoms with Crippen LogP contribution in [0.5, 0.6) is 0 Å². The zero-order valence-electron chi connectivity index (χ0n) is 8.23. The van der Waals surface area contributed by atoms with Crippen molar-refractivity contribution in [3.63, 3.8) is 0 Å². The zero-order chi connectivity index (χ0) is 10.4. The van der Waals surface area contributed by atoms with Crippen LogP contribution in [-0.4, -0.2) is 11.1 Å². The van der Waals surface area contributed by atoms with Crippen LogP contribution in [0.3, 0.4) is 0 Å². The Morgan fingerprint density at radius 3 is 2.50 bits per heavy atom. The highest BCUT2D eigenvalue weighted by atomic mass is 16.4. The van der Waals surface area contributed by atoms with Crippen LogP contribution in [0.4, 0.5) is 0 Å². The van der Waals surface area contributed by atoms with Gasteiger partial charge in [0.15, 0.2) is 0 Å². The minimum Gasteiger partial charge on any atom is -0.478 e. The summed E-state index contributed by atoms with van der Waals surface area (Å²) in [6.45, 7) is 2.03. The first-order chi connectivity index (χ1) is 6.75. The molecule has 2 nitrogen and oxygen atoms in total. The molecule has 0 saturated carbocycles. The molecule has 0 aromatic heterocycles. The number of unbranched alkanes of at least 4 members (excludes halogenated alkanes) is 1. The molecule has 74 valence electrons. The molecule has 0 unspecified atom stereocenters. The van der Waals surface area contributed by atoms with Gasteiger partial charge >= 0.3 is 5.97 Å². The van der Waals surface area contributed by atoms with Crippen molar-refractivity contribution in [1.29, 1.82) is 0 Å². The van der Waals surface area contributed by atoms with E-state index in [4.69, 9.17) is 5.11 Å². The number of benzene rings is 1. The number of hydrogen-bond donors (Lipinski definition) is 1. The molecule has 0 bridgehead atoms. The Labute approximate surface area is 83.9 Å². The molecule has 1 N–H and O–H groups in total. The van der Waals surface area contributed by atoms with Crippen molar-refractivity contribution in [3.8, 4) is 0 Å². The monoisotopic (exact) mass is 190 g/mol. The summed E-state index contributed by atoms with van der Waals surface area (Å²) in [5, 5.41) is 8.99. The lowest BCUT2D eigenvalue weighted by molar-refractivity contribution is -0.130. The summed E-state index contributed by atoms with van der Waals surface area (Å²) in [5.74, 6) is -0.857. The fourth-order valence-corrected chi connectivity index (χ4v) is 1.24. The van der Waals surface area contributed by atoms with E-state index in [0.29, 0.717) is 5.57 Å². The number of rotatable bonds is 4. The van der Waals surface area contributed by atoms with Gasteiger partial charge in [-0.1, -0.05) is 49.8 Å². The standard InChI is InChI=1S/C12H14O2/c1-2-3-9-11(12(13)14)10-7-5-4-6-8-10/h4-9H,2-3H2,1H3,(H,13,14)/b11-9+. The molecule has 0 aliphatic heterocycles. The van der Waals surface area contributed by atoms with Crippen molar-refractivity contribution in [2.75, 3.05) is 0 Å². The number of carbonyl (C=O) groups is 1. The lowest BCUT2D eigenvalue weighted by Gasteiger charge is -2.01. The van der Waals surface area contributed by atoms with Gasteiger partial charge in [-0.3, -0.25) is 0 Å². The molecule has 0 spiro atoms. The Hall–Kier alpha value is -1.57. The van der Waals surface area contributed by atoms with Crippen molar-refractivity contribution in [2.24, 2.45) is 0 Å². The molecule has 0 aliphatic carbocycles. The fourth-order valence-electron chi connectivity index (χ4n) is 1.24. The Balaban J connectivity index is 2.95. The van der Waals surface area contributed by atoms with Gasteiger partial charge in [-0.2, -0.15) is 0 Å². The van der Waals surface area contributed by atoms with Crippen LogP contribution in [0.25, 0.3) is 5.57 Å². The van der Waals surface area contributed by atoms with Crippen LogP contribution in [0.1, 0.15) is 25.3 Å². The number of hydrogen-bond acceptors (Lipinski definition) is 1. The summed E-state index contributed by atoms with van der Waals surface area (Å²) in [6, 6.07) is 9.20. The molecule has 0 radical (unpaired) electrons. The molecule has 2 heteroatoms. The van der Waals surface area contributed by atoms with Crippen LogP contribution in [0.15, 0.2) is 36.4 Å². The smallest absolute Gasteiger partial charge is 0.335 e. The third-order valence-corrected chi connectivity index (χ3v) is 1.95. The maximum Gasteiger partial charge on any atom is 0.335 e. The highest BCUT2D eigenvalue weighted by molar-refractivity contribution is 6.15. The Kier molecular flexibility index (Phi) is 3.92. The fraction of sp³-hybridized carbons (Fsp3) is 0.250. The van der Waals surface area contributed by atoms with Crippen molar-refractivity contribution in [3.05, 3.63) is 42.0 Å². The summed E-state index contributed by atoms with van der Waals surface area (Å²) < 4.78 is 0. The predicted octanol–water partition coefficient (Wildman–Crippen LogP) is 2.95. The SMILES string of the molecule is CCC/C=C(/C(=O)O)c1ccccc1. The average Bonchev–Trinajstić information content (AvgIpc) is 2.19. The van der Waals surface area contributed by atoms with E-state index in [0.717, 1.165) is 18.4 Å². The van der Waals surface area contributed by atoms with Gasteiger partial charge in [-0.05, 0) is 12.0 Å². The van der Waals surface area contributed by atoms with E-state index >= 15 is 0 Å². The maximum atomic E-state index is 10.9. The molecular formula is C12H14O2. The number of carboxylic acid groups (broad SMARTS) is 1. The lowest BCUT2D eigenvalue weighted by atomic mass is 10.0. The Morgan fingerprint density at radius 2 is 2.00 bits per heavy atom. The Morgan fingerprint density at radius 1 is 1.36 bits per heavy atom. The molecule has 0 aliphatic rings. The molecule has 0 amide bonds. The molecule has 0 saturated heterocycles. The molecule has 1 rings (SSSR count). The van der Waals surface area contributed by atoms with Crippen LogP contribution in [0.2, 0.25) is 0 Å². The quantitative estimate of drug-likeness (QED) is 0.741. The van der Waals surface area contributed by atoms with Gasteiger partial charge in [-0.25, -0.2) is 4.79 Å². The van der Waals surface area contributed by atoms with Crippen molar-refractivity contribution >= 4 is 11.5 Å². The molecule has 14 heavy (non-hydrogen) atoms. The third-order valence-electron chi connectivity index (χ3n) is 1.95. The summed E-state index contributed by atoms with van der Waals surface area (Å²) in [4.78, 5) is 10.9. The van der Waals surface area contributed by atoms with Gasteiger partial charge in [0.05, 0.1) is 5.57 Å². The first-order valence-corrected chi connectivity index (χ1v) is 4.74. The lowest BCUT2D eigenvalue weighted by Crippen LogP contribution is -1.99. The second-order valence-electron chi connectivity index (χ2n) is 3.08. The van der Waals surface area contributed by atoms with Crippen LogP contribution < -0.4 is 0 Å². The highest BCUT2D eigenvalue weighted by Gasteiger charge is 2.08. The number of allylic oxidation sites excluding steroid dienone is 1. The van der Waals surface area contributed by atoms with Gasteiger partial charge < -0.3 is 5.11 Å². The minimum absolute atomic E-state index is 0.396. The maximum absolute atomic E-state index is 10.9. The summed E-state index contributed by atoms with van der Waals surface area (Å²) in [7, 11) is 0. The third kappa shape index (κ3) is 2.73. The van der Waals surface area contributed by atoms with Crippen molar-refractivity contribution < 1.29 is 9.90 Å². The minimum atomic E-state index is -0.857. The van der Waals surface area contributed by atoms with E-state index in [1.807, 2.05) is 37.3 Å². The zero-order valence-corrected chi connectivity index (χ0v) is 8.23. The molecule has 1 aromatic carbocycles. The van der Waals surface area contributed by atoms with Gasteiger partial charge in [0.1, 0.15) is 0 Å². The summed E-state index contributed by atoms with van der Waals surface area (Å²) >= 11 is 0. The van der Waals surface area contributed by atoms with E-state index < -0.39 is 5.97 Å². The van der Waals surface area contributed by atoms with Crippen LogP contribution in [0, 0.1) is 0 Å². The topological polar surface area (TPSA) is 37.3 Å². The van der Waals surface area contributed by atoms with Gasteiger partial charge in [0.25, 0.3) is 0 Å². The summed E-state index contributed by atoms with van der Waals surface area (Å²) in [6.07, 6.45) is 3.54. The Bertz CT molecular complexity index is 325. The molecule has 0 atom stereocenters. The number of carboxylic acids is 1. The van der Waals surface area contributed by atoms with Crippen LogP contribution in [-0.2, 0) is 4.79 Å². The predicted molar refractivity (Wildman–Crippen MR) is 57.0 cm³/mol. The van der Waals surface area contributed by atoms with E-state index in [9.17, 15) is 4.79 Å². The summed E-state index contributed by atoms with van der Waals surface area (Å²) in [5.41, 5.74) is 1.17. The second-order valence-corrected chi connectivity index (χ2v) is 3.08. The molecular weight excluding hydrogens is 176 g/mol. The van der Waals surface area contributed by atoms with Crippen molar-refractivity contribution in [1.82, 2.24) is 0 Å². The van der Waals surface area contributed by atoms with E-state index in [1.54, 1.807) is 6.08 Å². The van der Waals surface area contributed by atoms with E-state index in [-0.39, 0.29) is 0 Å². The van der Waals surface area contributed by atoms with Crippen LogP contribution >= 0.6 is 0 Å². The normalized spacial score (nSPS) is 11.4. The van der Waals surface area contributed by atoms with Crippen molar-refractivity contribution in [2.45, 2.75) is 19.8 Å². The van der Waals surface area contributed by atoms with E-state index in [2.05, 4.69) is 0 Å². The largest absolute Gasteiger partial charge is 0.478 e. The molecule has 0 fully saturated rings. The van der Waals surface area contributed by atoms with E-state index in [1.165, 1.54) is 0 Å².